The average molecular weight is 375 g/mol. The van der Waals surface area contributed by atoms with Crippen molar-refractivity contribution in [2.75, 3.05) is 31.1 Å². The lowest BCUT2D eigenvalue weighted by Gasteiger charge is -2.35. The third-order valence-corrected chi connectivity index (χ3v) is 5.04. The van der Waals surface area contributed by atoms with Crippen molar-refractivity contribution in [2.24, 2.45) is 0 Å². The van der Waals surface area contributed by atoms with E-state index in [1.54, 1.807) is 0 Å². The molecule has 28 heavy (non-hydrogen) atoms. The number of rotatable bonds is 3. The Balaban J connectivity index is 1.48. The van der Waals surface area contributed by atoms with Crippen LogP contribution in [-0.4, -0.2) is 51.5 Å². The lowest BCUT2D eigenvalue weighted by molar-refractivity contribution is 0.0746. The fourth-order valence-electron chi connectivity index (χ4n) is 3.74. The summed E-state index contributed by atoms with van der Waals surface area (Å²) in [7, 11) is 0. The maximum Gasteiger partial charge on any atom is 0.253 e. The first kappa shape index (κ1) is 18.2. The van der Waals surface area contributed by atoms with Crippen LogP contribution in [0.2, 0.25) is 0 Å². The van der Waals surface area contributed by atoms with E-state index in [9.17, 15) is 4.79 Å². The Morgan fingerprint density at radius 2 is 1.43 bits per heavy atom. The zero-order valence-electron chi connectivity index (χ0n) is 16.6. The van der Waals surface area contributed by atoms with Crippen molar-refractivity contribution in [3.8, 4) is 5.82 Å². The number of aromatic nitrogens is 3. The van der Waals surface area contributed by atoms with Crippen molar-refractivity contribution < 1.29 is 4.79 Å². The van der Waals surface area contributed by atoms with Gasteiger partial charge in [-0.15, -0.1) is 0 Å². The molecule has 0 aliphatic carbocycles. The highest BCUT2D eigenvalue weighted by Gasteiger charge is 2.23. The molecular formula is C22H25N5O. The summed E-state index contributed by atoms with van der Waals surface area (Å²) in [6.07, 6.45) is 3.96. The normalized spacial score (nSPS) is 14.4. The number of hydrogen-bond donors (Lipinski definition) is 0. The largest absolute Gasteiger partial charge is 0.353 e. The lowest BCUT2D eigenvalue weighted by atomic mass is 10.1. The van der Waals surface area contributed by atoms with Gasteiger partial charge in [-0.2, -0.15) is 0 Å². The molecule has 0 N–H and O–H groups in total. The number of aryl methyl sites for hydroxylation is 3. The van der Waals surface area contributed by atoms with Gasteiger partial charge in [0, 0.05) is 50.2 Å². The van der Waals surface area contributed by atoms with Crippen LogP contribution in [0.5, 0.6) is 0 Å². The second-order valence-electron chi connectivity index (χ2n) is 7.38. The molecule has 0 atom stereocenters. The summed E-state index contributed by atoms with van der Waals surface area (Å²) in [5.74, 6) is 2.63. The first-order valence-electron chi connectivity index (χ1n) is 9.61. The Labute approximate surface area is 165 Å². The van der Waals surface area contributed by atoms with Crippen LogP contribution in [0.25, 0.3) is 5.82 Å². The lowest BCUT2D eigenvalue weighted by Crippen LogP contribution is -2.49. The topological polar surface area (TPSA) is 54.3 Å². The van der Waals surface area contributed by atoms with Crippen molar-refractivity contribution in [1.82, 2.24) is 19.4 Å². The predicted molar refractivity (Wildman–Crippen MR) is 110 cm³/mol. The molecule has 4 rings (SSSR count). The van der Waals surface area contributed by atoms with Crippen LogP contribution in [0.4, 0.5) is 5.82 Å². The highest BCUT2D eigenvalue weighted by molar-refractivity contribution is 5.94. The van der Waals surface area contributed by atoms with E-state index in [-0.39, 0.29) is 5.91 Å². The van der Waals surface area contributed by atoms with Gasteiger partial charge in [0.1, 0.15) is 17.5 Å². The molecule has 1 aromatic carbocycles. The van der Waals surface area contributed by atoms with Crippen LogP contribution in [0.1, 0.15) is 27.3 Å². The van der Waals surface area contributed by atoms with Gasteiger partial charge < -0.3 is 14.4 Å². The molecule has 6 nitrogen and oxygen atoms in total. The first-order chi connectivity index (χ1) is 13.5. The van der Waals surface area contributed by atoms with Gasteiger partial charge >= 0.3 is 0 Å². The zero-order chi connectivity index (χ0) is 19.7. The van der Waals surface area contributed by atoms with E-state index in [1.807, 2.05) is 73.0 Å². The molecule has 0 saturated carbocycles. The van der Waals surface area contributed by atoms with Gasteiger partial charge in [0.05, 0.1) is 0 Å². The summed E-state index contributed by atoms with van der Waals surface area (Å²) in [4.78, 5) is 26.2. The molecule has 144 valence electrons. The molecule has 2 aromatic heterocycles. The van der Waals surface area contributed by atoms with Crippen molar-refractivity contribution in [3.63, 3.8) is 0 Å². The summed E-state index contributed by atoms with van der Waals surface area (Å²) < 4.78 is 1.98. The molecule has 0 radical (unpaired) electrons. The molecule has 1 amide bonds. The fourth-order valence-corrected chi connectivity index (χ4v) is 3.74. The van der Waals surface area contributed by atoms with Crippen molar-refractivity contribution in [1.29, 1.82) is 0 Å². The van der Waals surface area contributed by atoms with Crippen LogP contribution in [0, 0.1) is 20.8 Å². The second-order valence-corrected chi connectivity index (χ2v) is 7.38. The average Bonchev–Trinajstić information content (AvgIpc) is 3.21. The van der Waals surface area contributed by atoms with Crippen LogP contribution in [0.3, 0.4) is 0 Å². The number of hydrogen-bond acceptors (Lipinski definition) is 4. The van der Waals surface area contributed by atoms with E-state index in [0.717, 1.165) is 47.2 Å². The summed E-state index contributed by atoms with van der Waals surface area (Å²) in [5, 5.41) is 0. The molecule has 0 bridgehead atoms. The van der Waals surface area contributed by atoms with E-state index >= 15 is 0 Å². The van der Waals surface area contributed by atoms with Gasteiger partial charge in [-0.1, -0.05) is 17.2 Å². The highest BCUT2D eigenvalue weighted by Crippen LogP contribution is 2.19. The minimum atomic E-state index is 0.110. The number of carbonyl (C=O) groups excluding carboxylic acids is 1. The number of anilines is 1. The SMILES string of the molecule is Cc1cc(C)cc(C(=O)N2CCN(c3cc(-n4cccc4)nc(C)n3)CC2)c1. The number of benzene rings is 1. The maximum absolute atomic E-state index is 12.9. The number of nitrogens with zero attached hydrogens (tertiary/aromatic N) is 5. The van der Waals surface area contributed by atoms with Crippen molar-refractivity contribution >= 4 is 11.7 Å². The van der Waals surface area contributed by atoms with Crippen LogP contribution in [0.15, 0.2) is 48.8 Å². The molecule has 1 aliphatic rings. The van der Waals surface area contributed by atoms with Gasteiger partial charge in [0.25, 0.3) is 5.91 Å². The molecule has 1 aliphatic heterocycles. The van der Waals surface area contributed by atoms with Gasteiger partial charge in [-0.25, -0.2) is 9.97 Å². The molecule has 6 heteroatoms. The van der Waals surface area contributed by atoms with Gasteiger partial charge in [0.2, 0.25) is 0 Å². The third kappa shape index (κ3) is 3.76. The summed E-state index contributed by atoms with van der Waals surface area (Å²) in [5.41, 5.74) is 3.02. The molecule has 1 fully saturated rings. The Morgan fingerprint density at radius 1 is 0.821 bits per heavy atom. The quantitative estimate of drug-likeness (QED) is 0.706. The molecule has 1 saturated heterocycles. The fraction of sp³-hybridized carbons (Fsp3) is 0.318. The Kier molecular flexibility index (Phi) is 4.86. The Morgan fingerprint density at radius 3 is 2.07 bits per heavy atom. The number of carbonyl (C=O) groups is 1. The molecule has 0 unspecified atom stereocenters. The van der Waals surface area contributed by atoms with E-state index < -0.39 is 0 Å². The molecule has 0 spiro atoms. The Hall–Kier alpha value is -3.15. The monoisotopic (exact) mass is 375 g/mol. The zero-order valence-corrected chi connectivity index (χ0v) is 16.6. The Bertz CT molecular complexity index is 968. The van der Waals surface area contributed by atoms with E-state index in [0.29, 0.717) is 13.1 Å². The van der Waals surface area contributed by atoms with Gasteiger partial charge in [0.15, 0.2) is 0 Å². The first-order valence-corrected chi connectivity index (χ1v) is 9.61. The third-order valence-electron chi connectivity index (χ3n) is 5.04. The summed E-state index contributed by atoms with van der Waals surface area (Å²) >= 11 is 0. The van der Waals surface area contributed by atoms with E-state index in [2.05, 4.69) is 20.9 Å². The second kappa shape index (κ2) is 7.46. The minimum Gasteiger partial charge on any atom is -0.353 e. The molecular weight excluding hydrogens is 350 g/mol. The van der Waals surface area contributed by atoms with E-state index in [1.165, 1.54) is 0 Å². The summed E-state index contributed by atoms with van der Waals surface area (Å²) in [6, 6.07) is 12.0. The highest BCUT2D eigenvalue weighted by atomic mass is 16.2. The number of piperazine rings is 1. The maximum atomic E-state index is 12.9. The molecule has 3 aromatic rings. The predicted octanol–water partition coefficient (Wildman–Crippen LogP) is 3.15. The standard InChI is InChI=1S/C22H25N5O/c1-16-12-17(2)14-19(13-16)22(28)27-10-8-26(9-11-27)21-15-20(23-18(3)24-21)25-6-4-5-7-25/h4-7,12-15H,8-11H2,1-3H3. The van der Waals surface area contributed by atoms with Crippen molar-refractivity contribution in [2.45, 2.75) is 20.8 Å². The van der Waals surface area contributed by atoms with E-state index in [4.69, 9.17) is 0 Å². The summed E-state index contributed by atoms with van der Waals surface area (Å²) in [6.45, 7) is 8.87. The van der Waals surface area contributed by atoms with Crippen molar-refractivity contribution in [3.05, 3.63) is 71.3 Å². The van der Waals surface area contributed by atoms with Crippen LogP contribution in [-0.2, 0) is 0 Å². The van der Waals surface area contributed by atoms with Crippen LogP contribution >= 0.6 is 0 Å². The van der Waals surface area contributed by atoms with Gasteiger partial charge in [-0.05, 0) is 45.0 Å². The minimum absolute atomic E-state index is 0.110. The number of amides is 1. The van der Waals surface area contributed by atoms with Gasteiger partial charge in [-0.3, -0.25) is 4.79 Å². The van der Waals surface area contributed by atoms with Crippen LogP contribution < -0.4 is 4.90 Å². The molecule has 3 heterocycles. The smallest absolute Gasteiger partial charge is 0.253 e.